The summed E-state index contributed by atoms with van der Waals surface area (Å²) >= 11 is 1.82. The van der Waals surface area contributed by atoms with Gasteiger partial charge in [-0.25, -0.2) is 0 Å². The van der Waals surface area contributed by atoms with E-state index in [9.17, 15) is 0 Å². The first-order valence-corrected chi connectivity index (χ1v) is 7.28. The second-order valence-corrected chi connectivity index (χ2v) is 6.34. The molecule has 0 aliphatic rings. The van der Waals surface area contributed by atoms with Gasteiger partial charge in [-0.3, -0.25) is 0 Å². The fourth-order valence-electron chi connectivity index (χ4n) is 1.50. The zero-order chi connectivity index (χ0) is 13.6. The van der Waals surface area contributed by atoms with Gasteiger partial charge in [-0.1, -0.05) is 12.1 Å². The van der Waals surface area contributed by atoms with E-state index in [1.807, 2.05) is 32.7 Å². The molecule has 98 valence electrons. The van der Waals surface area contributed by atoms with E-state index < -0.39 is 0 Å². The quantitative estimate of drug-likeness (QED) is 0.787. The van der Waals surface area contributed by atoms with Crippen LogP contribution in [0.25, 0.3) is 0 Å². The highest BCUT2D eigenvalue weighted by Gasteiger charge is 2.15. The summed E-state index contributed by atoms with van der Waals surface area (Å²) < 4.78 is 0. The maximum Gasteiger partial charge on any atom is 0.0684 e. The number of nitriles is 1. The van der Waals surface area contributed by atoms with Crippen LogP contribution < -0.4 is 5.32 Å². The molecular weight excluding hydrogens is 240 g/mol. The molecule has 1 unspecified atom stereocenters. The van der Waals surface area contributed by atoms with Crippen LogP contribution in [-0.4, -0.2) is 12.8 Å². The summed E-state index contributed by atoms with van der Waals surface area (Å²) in [7, 11) is 1.97. The fourth-order valence-corrected chi connectivity index (χ4v) is 2.68. The maximum absolute atomic E-state index is 8.95. The van der Waals surface area contributed by atoms with E-state index in [1.54, 1.807) is 0 Å². The first-order chi connectivity index (χ1) is 8.48. The van der Waals surface area contributed by atoms with E-state index in [1.165, 1.54) is 10.5 Å². The molecule has 0 aliphatic carbocycles. The molecular formula is C15H22N2S. The number of nitrogens with one attached hydrogen (secondary N) is 1. The molecule has 1 N–H and O–H groups in total. The fraction of sp³-hybridized carbons (Fsp3) is 0.533. The number of thioether (sulfide) groups is 1. The number of rotatable bonds is 6. The van der Waals surface area contributed by atoms with Crippen LogP contribution in [0.15, 0.2) is 29.2 Å². The van der Waals surface area contributed by atoms with Gasteiger partial charge in [0, 0.05) is 10.9 Å². The van der Waals surface area contributed by atoms with Crippen molar-refractivity contribution in [2.45, 2.75) is 38.1 Å². The van der Waals surface area contributed by atoms with Crippen LogP contribution in [-0.2, 0) is 0 Å². The zero-order valence-corrected chi connectivity index (χ0v) is 12.5. The summed E-state index contributed by atoms with van der Waals surface area (Å²) in [5, 5.41) is 12.2. The lowest BCUT2D eigenvalue weighted by Crippen LogP contribution is -2.11. The molecule has 0 bridgehead atoms. The van der Waals surface area contributed by atoms with Gasteiger partial charge >= 0.3 is 0 Å². The predicted molar refractivity (Wildman–Crippen MR) is 78.7 cm³/mol. The second-order valence-electron chi connectivity index (χ2n) is 5.17. The topological polar surface area (TPSA) is 35.8 Å². The number of benzene rings is 1. The molecule has 0 aromatic heterocycles. The average Bonchev–Trinajstić information content (AvgIpc) is 2.38. The molecule has 18 heavy (non-hydrogen) atoms. The zero-order valence-electron chi connectivity index (χ0n) is 11.7. The number of nitrogens with zero attached hydrogens (tertiary/aromatic N) is 1. The lowest BCUT2D eigenvalue weighted by atomic mass is 9.93. The highest BCUT2D eigenvalue weighted by atomic mass is 32.2. The standard InChI is InChI=1S/C15H22N2S/c1-12(17-4)13-5-7-14(8-6-13)18-10-9-15(2,3)11-16/h5-8,12,17H,9-10H2,1-4H3. The first kappa shape index (κ1) is 15.1. The van der Waals surface area contributed by atoms with Gasteiger partial charge in [0.2, 0.25) is 0 Å². The highest BCUT2D eigenvalue weighted by Crippen LogP contribution is 2.26. The lowest BCUT2D eigenvalue weighted by molar-refractivity contribution is 0.482. The molecule has 0 fully saturated rings. The van der Waals surface area contributed by atoms with Crippen molar-refractivity contribution in [1.82, 2.24) is 5.32 Å². The van der Waals surface area contributed by atoms with E-state index in [-0.39, 0.29) is 5.41 Å². The minimum absolute atomic E-state index is 0.215. The van der Waals surface area contributed by atoms with Crippen LogP contribution >= 0.6 is 11.8 Å². The van der Waals surface area contributed by atoms with Crippen LogP contribution in [0.3, 0.4) is 0 Å². The van der Waals surface area contributed by atoms with Crippen molar-refractivity contribution in [3.05, 3.63) is 29.8 Å². The van der Waals surface area contributed by atoms with Gasteiger partial charge < -0.3 is 5.32 Å². The van der Waals surface area contributed by atoms with Crippen molar-refractivity contribution in [3.8, 4) is 6.07 Å². The summed E-state index contributed by atoms with van der Waals surface area (Å²) in [5.41, 5.74) is 1.09. The van der Waals surface area contributed by atoms with Gasteiger partial charge in [0.1, 0.15) is 0 Å². The third kappa shape index (κ3) is 4.72. The van der Waals surface area contributed by atoms with Gasteiger partial charge in [-0.2, -0.15) is 5.26 Å². The molecule has 0 saturated heterocycles. The highest BCUT2D eigenvalue weighted by molar-refractivity contribution is 7.99. The third-order valence-electron chi connectivity index (χ3n) is 3.11. The summed E-state index contributed by atoms with van der Waals surface area (Å²) in [6, 6.07) is 11.4. The van der Waals surface area contributed by atoms with Gasteiger partial charge in [0.25, 0.3) is 0 Å². The molecule has 1 atom stereocenters. The smallest absolute Gasteiger partial charge is 0.0684 e. The van der Waals surface area contributed by atoms with E-state index in [0.29, 0.717) is 6.04 Å². The van der Waals surface area contributed by atoms with E-state index in [2.05, 4.69) is 42.6 Å². The molecule has 0 radical (unpaired) electrons. The Morgan fingerprint density at radius 1 is 1.33 bits per heavy atom. The van der Waals surface area contributed by atoms with E-state index in [0.717, 1.165) is 12.2 Å². The van der Waals surface area contributed by atoms with Crippen LogP contribution in [0, 0.1) is 16.7 Å². The Labute approximate surface area is 115 Å². The minimum atomic E-state index is -0.215. The molecule has 0 amide bonds. The van der Waals surface area contributed by atoms with Crippen molar-refractivity contribution < 1.29 is 0 Å². The third-order valence-corrected chi connectivity index (χ3v) is 4.13. The van der Waals surface area contributed by atoms with Gasteiger partial charge in [0.15, 0.2) is 0 Å². The molecule has 0 spiro atoms. The van der Waals surface area contributed by atoms with Crippen LogP contribution in [0.4, 0.5) is 0 Å². The Hall–Kier alpha value is -0.980. The summed E-state index contributed by atoms with van der Waals surface area (Å²) in [6.07, 6.45) is 0.919. The molecule has 2 nitrogen and oxygen atoms in total. The van der Waals surface area contributed by atoms with Crippen LogP contribution in [0.5, 0.6) is 0 Å². The molecule has 0 heterocycles. The molecule has 1 aromatic carbocycles. The number of hydrogen-bond donors (Lipinski definition) is 1. The Bertz CT molecular complexity index is 403. The minimum Gasteiger partial charge on any atom is -0.313 e. The lowest BCUT2D eigenvalue weighted by Gasteiger charge is -2.14. The van der Waals surface area contributed by atoms with Crippen molar-refractivity contribution >= 4 is 11.8 Å². The Balaban J connectivity index is 2.48. The summed E-state index contributed by atoms with van der Waals surface area (Å²) in [4.78, 5) is 1.27. The van der Waals surface area contributed by atoms with Crippen molar-refractivity contribution in [2.75, 3.05) is 12.8 Å². The molecule has 0 saturated carbocycles. The molecule has 0 aliphatic heterocycles. The molecule has 1 rings (SSSR count). The summed E-state index contributed by atoms with van der Waals surface area (Å²) in [6.45, 7) is 6.13. The van der Waals surface area contributed by atoms with Crippen molar-refractivity contribution in [3.63, 3.8) is 0 Å². The number of hydrogen-bond acceptors (Lipinski definition) is 3. The van der Waals surface area contributed by atoms with E-state index in [4.69, 9.17) is 5.26 Å². The van der Waals surface area contributed by atoms with Crippen LogP contribution in [0.2, 0.25) is 0 Å². The van der Waals surface area contributed by atoms with E-state index >= 15 is 0 Å². The average molecular weight is 262 g/mol. The maximum atomic E-state index is 8.95. The van der Waals surface area contributed by atoms with Crippen LogP contribution in [0.1, 0.15) is 38.8 Å². The first-order valence-electron chi connectivity index (χ1n) is 6.30. The Kier molecular flexibility index (Phi) is 5.71. The van der Waals surface area contributed by atoms with Gasteiger partial charge in [-0.15, -0.1) is 11.8 Å². The summed E-state index contributed by atoms with van der Waals surface area (Å²) in [5.74, 6) is 0.988. The normalized spacial score (nSPS) is 13.1. The monoisotopic (exact) mass is 262 g/mol. The Morgan fingerprint density at radius 2 is 1.94 bits per heavy atom. The Morgan fingerprint density at radius 3 is 2.44 bits per heavy atom. The van der Waals surface area contributed by atoms with Crippen molar-refractivity contribution in [2.24, 2.45) is 5.41 Å². The van der Waals surface area contributed by atoms with Gasteiger partial charge in [-0.05, 0) is 57.7 Å². The second kappa shape index (κ2) is 6.82. The molecule has 3 heteroatoms. The SMILES string of the molecule is CNC(C)c1ccc(SCCC(C)(C)C#N)cc1. The van der Waals surface area contributed by atoms with Crippen molar-refractivity contribution in [1.29, 1.82) is 5.26 Å². The van der Waals surface area contributed by atoms with Gasteiger partial charge in [0.05, 0.1) is 11.5 Å². The predicted octanol–water partition coefficient (Wildman–Crippen LogP) is 4.00. The largest absolute Gasteiger partial charge is 0.313 e. The molecule has 1 aromatic rings.